The Morgan fingerprint density at radius 2 is 1.73 bits per heavy atom. The Labute approximate surface area is 96.9 Å². The summed E-state index contributed by atoms with van der Waals surface area (Å²) in [4.78, 5) is 0. The number of halogens is 1. The van der Waals surface area contributed by atoms with E-state index in [9.17, 15) is 0 Å². The average molecular weight is 222 g/mol. The summed E-state index contributed by atoms with van der Waals surface area (Å²) >= 11 is 0. The molecular weight excluding hydrogens is 206 g/mol. The lowest BCUT2D eigenvalue weighted by Gasteiger charge is -2.12. The highest BCUT2D eigenvalue weighted by Gasteiger charge is 2.04. The van der Waals surface area contributed by atoms with E-state index in [1.165, 1.54) is 27.6 Å². The zero-order chi connectivity index (χ0) is 10.1. The van der Waals surface area contributed by atoms with E-state index >= 15 is 0 Å². The first kappa shape index (κ1) is 11.9. The van der Waals surface area contributed by atoms with Crippen LogP contribution in [-0.4, -0.2) is 7.05 Å². The summed E-state index contributed by atoms with van der Waals surface area (Å²) in [6.07, 6.45) is 0. The number of rotatable bonds is 1. The van der Waals surface area contributed by atoms with Crippen molar-refractivity contribution < 1.29 is 0 Å². The quantitative estimate of drug-likeness (QED) is 0.770. The standard InChI is InChI=1S/C13H15N.ClH/c1-9-8-11-6-4-5-7-12(11)13(14-3)10(9)2;/h4-8,14H,1-3H3;1H. The normalized spacial score (nSPS) is 9.80. The van der Waals surface area contributed by atoms with Crippen LogP contribution in [0.3, 0.4) is 0 Å². The van der Waals surface area contributed by atoms with Crippen LogP contribution in [0.1, 0.15) is 11.1 Å². The van der Waals surface area contributed by atoms with Gasteiger partial charge in [0.2, 0.25) is 0 Å². The van der Waals surface area contributed by atoms with E-state index in [-0.39, 0.29) is 12.4 Å². The molecular formula is C13H16ClN. The molecule has 0 spiro atoms. The lowest BCUT2D eigenvalue weighted by Crippen LogP contribution is -1.95. The van der Waals surface area contributed by atoms with Crippen LogP contribution in [0.2, 0.25) is 0 Å². The number of benzene rings is 2. The van der Waals surface area contributed by atoms with Crippen molar-refractivity contribution in [2.24, 2.45) is 0 Å². The third-order valence-corrected chi connectivity index (χ3v) is 2.82. The number of hydrogen-bond acceptors (Lipinski definition) is 1. The molecule has 0 heterocycles. The lowest BCUT2D eigenvalue weighted by atomic mass is 10.00. The second kappa shape index (κ2) is 4.54. The molecule has 0 atom stereocenters. The average Bonchev–Trinajstić information content (AvgIpc) is 2.20. The monoisotopic (exact) mass is 221 g/mol. The van der Waals surface area contributed by atoms with E-state index in [4.69, 9.17) is 0 Å². The highest BCUT2D eigenvalue weighted by molar-refractivity contribution is 5.96. The fourth-order valence-corrected chi connectivity index (χ4v) is 1.91. The minimum absolute atomic E-state index is 0. The minimum Gasteiger partial charge on any atom is -0.387 e. The molecule has 2 aromatic rings. The highest BCUT2D eigenvalue weighted by atomic mass is 35.5. The summed E-state index contributed by atoms with van der Waals surface area (Å²) in [6, 6.07) is 10.7. The van der Waals surface area contributed by atoms with E-state index in [0.29, 0.717) is 0 Å². The van der Waals surface area contributed by atoms with E-state index in [2.05, 4.69) is 49.5 Å². The Kier molecular flexibility index (Phi) is 3.59. The molecule has 0 saturated heterocycles. The Balaban J connectivity index is 0.00000112. The molecule has 0 aliphatic heterocycles. The molecule has 2 aromatic carbocycles. The van der Waals surface area contributed by atoms with Crippen molar-refractivity contribution in [3.05, 3.63) is 41.5 Å². The summed E-state index contributed by atoms with van der Waals surface area (Å²) in [7, 11) is 1.98. The molecule has 1 nitrogen and oxygen atoms in total. The number of aryl methyl sites for hydroxylation is 1. The molecule has 0 aliphatic rings. The maximum Gasteiger partial charge on any atom is 0.0449 e. The summed E-state index contributed by atoms with van der Waals surface area (Å²) in [6.45, 7) is 4.32. The van der Waals surface area contributed by atoms with Gasteiger partial charge in [-0.05, 0) is 30.4 Å². The van der Waals surface area contributed by atoms with Crippen LogP contribution in [0.25, 0.3) is 10.8 Å². The van der Waals surface area contributed by atoms with Crippen molar-refractivity contribution >= 4 is 28.9 Å². The van der Waals surface area contributed by atoms with E-state index < -0.39 is 0 Å². The second-order valence-corrected chi connectivity index (χ2v) is 3.66. The maximum absolute atomic E-state index is 3.28. The molecule has 0 bridgehead atoms. The van der Waals surface area contributed by atoms with Gasteiger partial charge in [-0.1, -0.05) is 30.3 Å². The van der Waals surface area contributed by atoms with Crippen molar-refractivity contribution in [1.29, 1.82) is 0 Å². The molecule has 15 heavy (non-hydrogen) atoms. The van der Waals surface area contributed by atoms with Gasteiger partial charge in [-0.2, -0.15) is 0 Å². The van der Waals surface area contributed by atoms with Gasteiger partial charge in [0.25, 0.3) is 0 Å². The Hall–Kier alpha value is -1.21. The molecule has 1 N–H and O–H groups in total. The first-order valence-corrected chi connectivity index (χ1v) is 4.90. The van der Waals surface area contributed by atoms with E-state index in [1.807, 2.05) is 7.05 Å². The van der Waals surface area contributed by atoms with Crippen LogP contribution >= 0.6 is 12.4 Å². The van der Waals surface area contributed by atoms with Crippen molar-refractivity contribution in [2.45, 2.75) is 13.8 Å². The Morgan fingerprint density at radius 3 is 2.40 bits per heavy atom. The molecule has 0 radical (unpaired) electrons. The second-order valence-electron chi connectivity index (χ2n) is 3.66. The zero-order valence-electron chi connectivity index (χ0n) is 9.29. The van der Waals surface area contributed by atoms with Gasteiger partial charge in [0.05, 0.1) is 0 Å². The predicted molar refractivity (Wildman–Crippen MR) is 70.2 cm³/mol. The summed E-state index contributed by atoms with van der Waals surface area (Å²) in [5, 5.41) is 5.89. The van der Waals surface area contributed by atoms with Gasteiger partial charge in [-0.15, -0.1) is 12.4 Å². The first-order valence-electron chi connectivity index (χ1n) is 4.90. The third kappa shape index (κ3) is 1.93. The molecule has 0 amide bonds. The Bertz CT molecular complexity index is 477. The molecule has 2 rings (SSSR count). The van der Waals surface area contributed by atoms with Crippen LogP contribution in [0.15, 0.2) is 30.3 Å². The zero-order valence-corrected chi connectivity index (χ0v) is 10.1. The van der Waals surface area contributed by atoms with Gasteiger partial charge in [0, 0.05) is 18.1 Å². The first-order chi connectivity index (χ1) is 6.74. The van der Waals surface area contributed by atoms with Gasteiger partial charge >= 0.3 is 0 Å². The highest BCUT2D eigenvalue weighted by Crippen LogP contribution is 2.29. The summed E-state index contributed by atoms with van der Waals surface area (Å²) in [5.74, 6) is 0. The van der Waals surface area contributed by atoms with Crippen LogP contribution in [0, 0.1) is 13.8 Å². The SMILES string of the molecule is CNc1c(C)c(C)cc2ccccc12.Cl. The minimum atomic E-state index is 0. The topological polar surface area (TPSA) is 12.0 Å². The third-order valence-electron chi connectivity index (χ3n) is 2.82. The van der Waals surface area contributed by atoms with Gasteiger partial charge in [-0.25, -0.2) is 0 Å². The predicted octanol–water partition coefficient (Wildman–Crippen LogP) is 3.92. The fraction of sp³-hybridized carbons (Fsp3) is 0.231. The summed E-state index contributed by atoms with van der Waals surface area (Å²) in [5.41, 5.74) is 3.93. The number of nitrogens with one attached hydrogen (secondary N) is 1. The molecule has 0 saturated carbocycles. The van der Waals surface area contributed by atoms with Gasteiger partial charge in [0.15, 0.2) is 0 Å². The smallest absolute Gasteiger partial charge is 0.0449 e. The van der Waals surface area contributed by atoms with Crippen molar-refractivity contribution in [1.82, 2.24) is 0 Å². The number of hydrogen-bond donors (Lipinski definition) is 1. The van der Waals surface area contributed by atoms with E-state index in [1.54, 1.807) is 0 Å². The van der Waals surface area contributed by atoms with Gasteiger partial charge < -0.3 is 5.32 Å². The number of fused-ring (bicyclic) bond motifs is 1. The molecule has 0 aliphatic carbocycles. The maximum atomic E-state index is 3.28. The van der Waals surface area contributed by atoms with Gasteiger partial charge in [0.1, 0.15) is 0 Å². The Morgan fingerprint density at radius 1 is 1.07 bits per heavy atom. The molecule has 0 fully saturated rings. The van der Waals surface area contributed by atoms with E-state index in [0.717, 1.165) is 0 Å². The van der Waals surface area contributed by atoms with Crippen LogP contribution in [0.4, 0.5) is 5.69 Å². The van der Waals surface area contributed by atoms with Crippen molar-refractivity contribution in [2.75, 3.05) is 12.4 Å². The van der Waals surface area contributed by atoms with Crippen molar-refractivity contribution in [3.63, 3.8) is 0 Å². The molecule has 0 unspecified atom stereocenters. The van der Waals surface area contributed by atoms with Crippen molar-refractivity contribution in [3.8, 4) is 0 Å². The summed E-state index contributed by atoms with van der Waals surface area (Å²) < 4.78 is 0. The van der Waals surface area contributed by atoms with Gasteiger partial charge in [-0.3, -0.25) is 0 Å². The number of anilines is 1. The largest absolute Gasteiger partial charge is 0.387 e. The van der Waals surface area contributed by atoms with Crippen LogP contribution < -0.4 is 5.32 Å². The van der Waals surface area contributed by atoms with Crippen LogP contribution in [0.5, 0.6) is 0 Å². The lowest BCUT2D eigenvalue weighted by molar-refractivity contribution is 1.34. The van der Waals surface area contributed by atoms with Crippen LogP contribution in [-0.2, 0) is 0 Å². The molecule has 0 aromatic heterocycles. The fourth-order valence-electron chi connectivity index (χ4n) is 1.91. The molecule has 2 heteroatoms. The molecule has 80 valence electrons.